The molecule has 0 fully saturated rings. The molecule has 0 saturated carbocycles. The molecule has 0 spiro atoms. The van der Waals surface area contributed by atoms with Crippen LogP contribution in [0.5, 0.6) is 0 Å². The first-order valence-corrected chi connectivity index (χ1v) is 7.60. The summed E-state index contributed by atoms with van der Waals surface area (Å²) in [5.74, 6) is -0.219. The van der Waals surface area contributed by atoms with Gasteiger partial charge in [0.2, 0.25) is 0 Å². The van der Waals surface area contributed by atoms with Gasteiger partial charge in [-0.3, -0.25) is 0 Å². The molecular formula is C17H28FNO2. The number of ether oxygens (including phenoxy) is 2. The summed E-state index contributed by atoms with van der Waals surface area (Å²) in [6, 6.07) is 5.18. The number of benzene rings is 1. The maximum absolute atomic E-state index is 13.7. The number of halogens is 1. The van der Waals surface area contributed by atoms with Crippen LogP contribution in [-0.4, -0.2) is 25.4 Å². The third kappa shape index (κ3) is 8.15. The molecule has 1 rings (SSSR count). The second-order valence-electron chi connectivity index (χ2n) is 6.19. The van der Waals surface area contributed by atoms with Crippen molar-refractivity contribution in [2.24, 2.45) is 0 Å². The van der Waals surface area contributed by atoms with Crippen LogP contribution in [0.4, 0.5) is 4.39 Å². The smallest absolute Gasteiger partial charge is 0.128 e. The van der Waals surface area contributed by atoms with Gasteiger partial charge in [-0.1, -0.05) is 13.0 Å². The van der Waals surface area contributed by atoms with E-state index in [1.807, 2.05) is 12.1 Å². The van der Waals surface area contributed by atoms with Gasteiger partial charge in [0.15, 0.2) is 0 Å². The van der Waals surface area contributed by atoms with E-state index in [2.05, 4.69) is 33.0 Å². The maximum Gasteiger partial charge on any atom is 0.128 e. The van der Waals surface area contributed by atoms with Crippen molar-refractivity contribution >= 4 is 0 Å². The summed E-state index contributed by atoms with van der Waals surface area (Å²) in [7, 11) is 0. The van der Waals surface area contributed by atoms with Crippen LogP contribution in [0.15, 0.2) is 18.2 Å². The second kappa shape index (κ2) is 9.13. The largest absolute Gasteiger partial charge is 0.379 e. The molecule has 3 nitrogen and oxygen atoms in total. The Kier molecular flexibility index (Phi) is 7.86. The molecule has 0 bridgehead atoms. The first-order chi connectivity index (χ1) is 9.92. The molecule has 4 heteroatoms. The molecule has 1 N–H and O–H groups in total. The van der Waals surface area contributed by atoms with E-state index in [1.165, 1.54) is 6.07 Å². The molecule has 0 aliphatic rings. The van der Waals surface area contributed by atoms with Crippen LogP contribution in [0.3, 0.4) is 0 Å². The lowest BCUT2D eigenvalue weighted by atomic mass is 10.1. The van der Waals surface area contributed by atoms with Gasteiger partial charge in [0, 0.05) is 24.3 Å². The molecule has 0 aromatic heterocycles. The highest BCUT2D eigenvalue weighted by molar-refractivity contribution is 5.24. The Morgan fingerprint density at radius 3 is 2.48 bits per heavy atom. The Morgan fingerprint density at radius 1 is 1.10 bits per heavy atom. The standard InChI is InChI=1S/C17H28FNO2/c1-5-8-20-9-10-21-13-15-11-14(6-7-16(15)18)12-19-17(2,3)4/h6-7,11,19H,5,8-10,12-13H2,1-4H3. The highest BCUT2D eigenvalue weighted by Crippen LogP contribution is 2.13. The molecule has 0 radical (unpaired) electrons. The summed E-state index contributed by atoms with van der Waals surface area (Å²) >= 11 is 0. The van der Waals surface area contributed by atoms with Crippen LogP contribution in [0.2, 0.25) is 0 Å². The molecule has 120 valence electrons. The number of nitrogens with one attached hydrogen (secondary N) is 1. The lowest BCUT2D eigenvalue weighted by Gasteiger charge is -2.20. The van der Waals surface area contributed by atoms with Gasteiger partial charge in [0.25, 0.3) is 0 Å². The Labute approximate surface area is 127 Å². The maximum atomic E-state index is 13.7. The number of hydrogen-bond donors (Lipinski definition) is 1. The number of hydrogen-bond acceptors (Lipinski definition) is 3. The zero-order chi connectivity index (χ0) is 15.7. The topological polar surface area (TPSA) is 30.5 Å². The van der Waals surface area contributed by atoms with Crippen molar-refractivity contribution in [1.29, 1.82) is 0 Å². The van der Waals surface area contributed by atoms with Gasteiger partial charge in [0.1, 0.15) is 5.82 Å². The summed E-state index contributed by atoms with van der Waals surface area (Å²) in [5, 5.41) is 3.39. The van der Waals surface area contributed by atoms with Crippen LogP contribution < -0.4 is 5.32 Å². The van der Waals surface area contributed by atoms with Crippen LogP contribution >= 0.6 is 0 Å². The van der Waals surface area contributed by atoms with Crippen LogP contribution in [-0.2, 0) is 22.6 Å². The van der Waals surface area contributed by atoms with E-state index >= 15 is 0 Å². The SMILES string of the molecule is CCCOCCOCc1cc(CNC(C)(C)C)ccc1F. The fourth-order valence-electron chi connectivity index (χ4n) is 1.76. The summed E-state index contributed by atoms with van der Waals surface area (Å²) < 4.78 is 24.5. The predicted octanol–water partition coefficient (Wildman–Crippen LogP) is 3.66. The molecule has 0 saturated heterocycles. The van der Waals surface area contributed by atoms with Crippen molar-refractivity contribution < 1.29 is 13.9 Å². The van der Waals surface area contributed by atoms with Crippen molar-refractivity contribution in [2.75, 3.05) is 19.8 Å². The van der Waals surface area contributed by atoms with Crippen molar-refractivity contribution in [3.63, 3.8) is 0 Å². The Hall–Kier alpha value is -0.970. The minimum Gasteiger partial charge on any atom is -0.379 e. The zero-order valence-corrected chi connectivity index (χ0v) is 13.7. The average molecular weight is 297 g/mol. The van der Waals surface area contributed by atoms with Crippen LogP contribution in [0.25, 0.3) is 0 Å². The first kappa shape index (κ1) is 18.1. The van der Waals surface area contributed by atoms with E-state index in [9.17, 15) is 4.39 Å². The predicted molar refractivity (Wildman–Crippen MR) is 83.8 cm³/mol. The molecule has 0 unspecified atom stereocenters. The highest BCUT2D eigenvalue weighted by Gasteiger charge is 2.10. The number of rotatable bonds is 9. The van der Waals surface area contributed by atoms with Crippen LogP contribution in [0, 0.1) is 5.82 Å². The summed E-state index contributed by atoms with van der Waals surface area (Å²) in [5.41, 5.74) is 1.70. The molecule has 1 aromatic rings. The van der Waals surface area contributed by atoms with Gasteiger partial charge in [-0.05, 0) is 44.9 Å². The first-order valence-electron chi connectivity index (χ1n) is 7.60. The average Bonchev–Trinajstić information content (AvgIpc) is 2.42. The van der Waals surface area contributed by atoms with E-state index in [1.54, 1.807) is 0 Å². The van der Waals surface area contributed by atoms with E-state index in [4.69, 9.17) is 9.47 Å². The van der Waals surface area contributed by atoms with Gasteiger partial charge in [-0.25, -0.2) is 4.39 Å². The summed E-state index contributed by atoms with van der Waals surface area (Å²) in [6.45, 7) is 11.2. The van der Waals surface area contributed by atoms with Gasteiger partial charge in [0.05, 0.1) is 19.8 Å². The van der Waals surface area contributed by atoms with Gasteiger partial charge >= 0.3 is 0 Å². The summed E-state index contributed by atoms with van der Waals surface area (Å²) in [4.78, 5) is 0. The molecule has 0 aliphatic heterocycles. The highest BCUT2D eigenvalue weighted by atomic mass is 19.1. The van der Waals surface area contributed by atoms with Gasteiger partial charge < -0.3 is 14.8 Å². The van der Waals surface area contributed by atoms with Crippen molar-refractivity contribution in [3.8, 4) is 0 Å². The molecule has 1 aromatic carbocycles. The third-order valence-corrected chi connectivity index (χ3v) is 2.91. The Bertz CT molecular complexity index is 416. The monoisotopic (exact) mass is 297 g/mol. The Morgan fingerprint density at radius 2 is 1.81 bits per heavy atom. The second-order valence-corrected chi connectivity index (χ2v) is 6.19. The minimum absolute atomic E-state index is 0.0433. The third-order valence-electron chi connectivity index (χ3n) is 2.91. The van der Waals surface area contributed by atoms with Gasteiger partial charge in [-0.2, -0.15) is 0 Å². The molecule has 0 atom stereocenters. The molecule has 21 heavy (non-hydrogen) atoms. The van der Waals surface area contributed by atoms with E-state index < -0.39 is 0 Å². The molecule has 0 heterocycles. The van der Waals surface area contributed by atoms with Crippen molar-refractivity contribution in [3.05, 3.63) is 35.1 Å². The Balaban J connectivity index is 2.42. The van der Waals surface area contributed by atoms with E-state index in [0.717, 1.165) is 25.1 Å². The fourth-order valence-corrected chi connectivity index (χ4v) is 1.76. The van der Waals surface area contributed by atoms with E-state index in [-0.39, 0.29) is 18.0 Å². The van der Waals surface area contributed by atoms with Gasteiger partial charge in [-0.15, -0.1) is 0 Å². The lowest BCUT2D eigenvalue weighted by Crippen LogP contribution is -2.35. The molecule has 0 amide bonds. The summed E-state index contributed by atoms with van der Waals surface area (Å²) in [6.07, 6.45) is 0.997. The van der Waals surface area contributed by atoms with Crippen molar-refractivity contribution in [1.82, 2.24) is 5.32 Å². The van der Waals surface area contributed by atoms with Crippen LogP contribution in [0.1, 0.15) is 45.2 Å². The van der Waals surface area contributed by atoms with E-state index in [0.29, 0.717) is 18.8 Å². The normalized spacial score (nSPS) is 11.9. The fraction of sp³-hybridized carbons (Fsp3) is 0.647. The quantitative estimate of drug-likeness (QED) is 0.706. The molecule has 0 aliphatic carbocycles. The lowest BCUT2D eigenvalue weighted by molar-refractivity contribution is 0.0399. The minimum atomic E-state index is -0.219. The zero-order valence-electron chi connectivity index (χ0n) is 13.7. The van der Waals surface area contributed by atoms with Crippen molar-refractivity contribution in [2.45, 2.75) is 52.8 Å². The molecular weight excluding hydrogens is 269 g/mol.